The third kappa shape index (κ3) is 8.54. The topological polar surface area (TPSA) is 61.8 Å². The number of ether oxygens (including phenoxy) is 1. The van der Waals surface area contributed by atoms with Gasteiger partial charge in [-0.15, -0.1) is 35.3 Å². The summed E-state index contributed by atoms with van der Waals surface area (Å²) >= 11 is 1.65. The van der Waals surface area contributed by atoms with Gasteiger partial charge in [0.05, 0.1) is 24.9 Å². The number of nitrogens with one attached hydrogen (secondary N) is 2. The summed E-state index contributed by atoms with van der Waals surface area (Å²) in [6.45, 7) is 2.18. The van der Waals surface area contributed by atoms with E-state index >= 15 is 0 Å². The van der Waals surface area contributed by atoms with Crippen LogP contribution < -0.4 is 15.5 Å². The lowest BCUT2D eigenvalue weighted by atomic mass is 10.1. The van der Waals surface area contributed by atoms with Crippen LogP contribution in [0.4, 0.5) is 5.13 Å². The Morgan fingerprint density at radius 3 is 2.60 bits per heavy atom. The van der Waals surface area contributed by atoms with Crippen molar-refractivity contribution in [3.8, 4) is 0 Å². The lowest BCUT2D eigenvalue weighted by Crippen LogP contribution is -2.39. The number of aliphatic imine (C=N–C) groups is 1. The van der Waals surface area contributed by atoms with Crippen molar-refractivity contribution in [2.45, 2.75) is 51.2 Å². The highest BCUT2D eigenvalue weighted by molar-refractivity contribution is 14.0. The maximum Gasteiger partial charge on any atom is 0.191 e. The molecule has 0 saturated heterocycles. The first-order valence-corrected chi connectivity index (χ1v) is 9.75. The van der Waals surface area contributed by atoms with Gasteiger partial charge in [-0.3, -0.25) is 4.99 Å². The van der Waals surface area contributed by atoms with Crippen molar-refractivity contribution in [2.75, 3.05) is 39.2 Å². The van der Waals surface area contributed by atoms with Crippen LogP contribution in [0.1, 0.15) is 44.2 Å². The molecule has 2 N–H and O–H groups in total. The van der Waals surface area contributed by atoms with E-state index < -0.39 is 0 Å². The number of hydrogen-bond donors (Lipinski definition) is 2. The number of halogens is 1. The smallest absolute Gasteiger partial charge is 0.191 e. The van der Waals surface area contributed by atoms with Crippen LogP contribution in [0, 0.1) is 0 Å². The first-order valence-electron chi connectivity index (χ1n) is 8.87. The Labute approximate surface area is 172 Å². The molecule has 0 atom stereocenters. The van der Waals surface area contributed by atoms with Crippen molar-refractivity contribution in [3.63, 3.8) is 0 Å². The normalized spacial score (nSPS) is 16.0. The van der Waals surface area contributed by atoms with Gasteiger partial charge in [-0.05, 0) is 12.8 Å². The molecule has 0 aliphatic heterocycles. The summed E-state index contributed by atoms with van der Waals surface area (Å²) in [6.07, 6.45) is 8.22. The Bertz CT molecular complexity index is 501. The third-order valence-electron chi connectivity index (χ3n) is 4.13. The first-order chi connectivity index (χ1) is 11.7. The maximum absolute atomic E-state index is 5.99. The van der Waals surface area contributed by atoms with Gasteiger partial charge in [0.15, 0.2) is 11.1 Å². The molecular formula is C17H32IN5OS. The molecule has 6 nitrogen and oxygen atoms in total. The van der Waals surface area contributed by atoms with Crippen LogP contribution >= 0.6 is 35.3 Å². The fourth-order valence-corrected chi connectivity index (χ4v) is 3.54. The van der Waals surface area contributed by atoms with Gasteiger partial charge in [-0.25, -0.2) is 4.98 Å². The molecular weight excluding hydrogens is 449 g/mol. The van der Waals surface area contributed by atoms with E-state index in [-0.39, 0.29) is 24.0 Å². The molecule has 0 aromatic carbocycles. The summed E-state index contributed by atoms with van der Waals surface area (Å²) < 4.78 is 5.99. The van der Waals surface area contributed by atoms with E-state index in [4.69, 9.17) is 4.74 Å². The van der Waals surface area contributed by atoms with Gasteiger partial charge < -0.3 is 20.3 Å². The van der Waals surface area contributed by atoms with Crippen LogP contribution in [0.2, 0.25) is 0 Å². The Morgan fingerprint density at radius 1 is 1.28 bits per heavy atom. The summed E-state index contributed by atoms with van der Waals surface area (Å²) in [6, 6.07) is 0. The van der Waals surface area contributed by atoms with Crippen molar-refractivity contribution in [1.82, 2.24) is 15.6 Å². The molecule has 0 bridgehead atoms. The second kappa shape index (κ2) is 12.7. The molecule has 8 heteroatoms. The SMILES string of the molecule is CN=C(NCCOC1CCCCCC1)NCc1csc(N(C)C)n1.I. The molecule has 25 heavy (non-hydrogen) atoms. The average molecular weight is 481 g/mol. The lowest BCUT2D eigenvalue weighted by Gasteiger charge is -2.16. The standard InChI is InChI=1S/C17H31N5OS.HI/c1-18-16(20-12-14-13-24-17(21-14)22(2)3)19-10-11-23-15-8-6-4-5-7-9-15;/h13,15H,4-12H2,1-3H3,(H2,18,19,20);1H. The zero-order chi connectivity index (χ0) is 17.2. The Morgan fingerprint density at radius 2 is 2.00 bits per heavy atom. The van der Waals surface area contributed by atoms with Crippen LogP contribution in [0.15, 0.2) is 10.4 Å². The van der Waals surface area contributed by atoms with Crippen molar-refractivity contribution >= 4 is 46.4 Å². The first kappa shape index (κ1) is 22.4. The molecule has 144 valence electrons. The van der Waals surface area contributed by atoms with Crippen LogP contribution in [0.5, 0.6) is 0 Å². The number of hydrogen-bond acceptors (Lipinski definition) is 5. The van der Waals surface area contributed by atoms with Crippen LogP contribution in [0.25, 0.3) is 0 Å². The van der Waals surface area contributed by atoms with E-state index in [0.29, 0.717) is 12.6 Å². The van der Waals surface area contributed by atoms with Crippen LogP contribution in [-0.4, -0.2) is 51.3 Å². The predicted octanol–water partition coefficient (Wildman–Crippen LogP) is 3.23. The van der Waals surface area contributed by atoms with E-state index in [0.717, 1.165) is 29.9 Å². The van der Waals surface area contributed by atoms with Crippen molar-refractivity contribution in [3.05, 3.63) is 11.1 Å². The zero-order valence-electron chi connectivity index (χ0n) is 15.6. The van der Waals surface area contributed by atoms with Gasteiger partial charge in [-0.2, -0.15) is 0 Å². The molecule has 1 aliphatic rings. The minimum Gasteiger partial charge on any atom is -0.376 e. The van der Waals surface area contributed by atoms with Crippen molar-refractivity contribution < 1.29 is 4.74 Å². The van der Waals surface area contributed by atoms with E-state index in [9.17, 15) is 0 Å². The highest BCUT2D eigenvalue weighted by atomic mass is 127. The number of guanidine groups is 1. The highest BCUT2D eigenvalue weighted by Gasteiger charge is 2.12. The Hall–Kier alpha value is -0.610. The molecule has 1 aromatic heterocycles. The molecule has 0 unspecified atom stereocenters. The minimum absolute atomic E-state index is 0. The molecule has 1 aromatic rings. The monoisotopic (exact) mass is 481 g/mol. The van der Waals surface area contributed by atoms with Crippen molar-refractivity contribution in [2.24, 2.45) is 4.99 Å². The largest absolute Gasteiger partial charge is 0.376 e. The highest BCUT2D eigenvalue weighted by Crippen LogP contribution is 2.19. The average Bonchev–Trinajstić information content (AvgIpc) is 2.91. The fourth-order valence-electron chi connectivity index (χ4n) is 2.78. The Kier molecular flexibility index (Phi) is 11.4. The molecule has 1 fully saturated rings. The molecule has 0 radical (unpaired) electrons. The summed E-state index contributed by atoms with van der Waals surface area (Å²) in [5, 5.41) is 9.69. The second-order valence-corrected chi connectivity index (χ2v) is 7.19. The number of rotatable bonds is 7. The quantitative estimate of drug-likeness (QED) is 0.206. The van der Waals surface area contributed by atoms with Crippen LogP contribution in [0.3, 0.4) is 0 Å². The summed E-state index contributed by atoms with van der Waals surface area (Å²) in [5.74, 6) is 0.791. The van der Waals surface area contributed by atoms with Gasteiger partial charge in [-0.1, -0.05) is 25.7 Å². The zero-order valence-corrected chi connectivity index (χ0v) is 18.7. The van der Waals surface area contributed by atoms with Gasteiger partial charge in [0, 0.05) is 33.1 Å². The van der Waals surface area contributed by atoms with Crippen LogP contribution in [-0.2, 0) is 11.3 Å². The molecule has 1 aliphatic carbocycles. The van der Waals surface area contributed by atoms with Gasteiger partial charge in [0.2, 0.25) is 0 Å². The molecule has 2 rings (SSSR count). The van der Waals surface area contributed by atoms with E-state index in [1.807, 2.05) is 19.0 Å². The number of aromatic nitrogens is 1. The summed E-state index contributed by atoms with van der Waals surface area (Å²) in [5.41, 5.74) is 1.03. The van der Waals surface area contributed by atoms with Gasteiger partial charge in [0.1, 0.15) is 0 Å². The third-order valence-corrected chi connectivity index (χ3v) is 5.19. The lowest BCUT2D eigenvalue weighted by molar-refractivity contribution is 0.0468. The van der Waals surface area contributed by atoms with Crippen molar-refractivity contribution in [1.29, 1.82) is 0 Å². The number of nitrogens with zero attached hydrogens (tertiary/aromatic N) is 3. The van der Waals surface area contributed by atoms with E-state index in [1.54, 1.807) is 18.4 Å². The van der Waals surface area contributed by atoms with E-state index in [1.165, 1.54) is 38.5 Å². The molecule has 1 heterocycles. The number of anilines is 1. The van der Waals surface area contributed by atoms with E-state index in [2.05, 4.69) is 26.0 Å². The molecule has 0 spiro atoms. The fraction of sp³-hybridized carbons (Fsp3) is 0.765. The number of thiazole rings is 1. The summed E-state index contributed by atoms with van der Waals surface area (Å²) in [7, 11) is 5.80. The van der Waals surface area contributed by atoms with Gasteiger partial charge >= 0.3 is 0 Å². The second-order valence-electron chi connectivity index (χ2n) is 6.35. The predicted molar refractivity (Wildman–Crippen MR) is 117 cm³/mol. The minimum atomic E-state index is 0. The summed E-state index contributed by atoms with van der Waals surface area (Å²) in [4.78, 5) is 10.8. The Balaban J connectivity index is 0.00000312. The molecule has 0 amide bonds. The van der Waals surface area contributed by atoms with Gasteiger partial charge in [0.25, 0.3) is 0 Å². The molecule has 1 saturated carbocycles. The maximum atomic E-state index is 5.99.